The van der Waals surface area contributed by atoms with E-state index in [1.807, 2.05) is 45.2 Å². The molecule has 5 heteroatoms. The number of hydrogen-bond donors (Lipinski definition) is 0. The zero-order valence-electron chi connectivity index (χ0n) is 15.4. The Balaban J connectivity index is 2.15. The minimum absolute atomic E-state index is 0.194. The first-order chi connectivity index (χ1) is 11.9. The summed E-state index contributed by atoms with van der Waals surface area (Å²) in [5.74, 6) is 0.620. The number of carbonyl (C=O) groups excluding carboxylic acids is 1. The number of nitrogens with zero attached hydrogens (tertiary/aromatic N) is 2. The first kappa shape index (κ1) is 17.3. The predicted molar refractivity (Wildman–Crippen MR) is 98.9 cm³/mol. The number of ether oxygens (including phenoxy) is 2. The van der Waals surface area contributed by atoms with Crippen molar-refractivity contribution >= 4 is 27.8 Å². The number of hydrogen-bond acceptors (Lipinski definition) is 4. The average Bonchev–Trinajstić information content (AvgIpc) is 2.93. The molecule has 0 fully saturated rings. The summed E-state index contributed by atoms with van der Waals surface area (Å²) in [5, 5.41) is 2.33. The van der Waals surface area contributed by atoms with Gasteiger partial charge in [-0.05, 0) is 45.4 Å². The van der Waals surface area contributed by atoms with E-state index in [0.717, 1.165) is 27.9 Å². The second-order valence-electron chi connectivity index (χ2n) is 6.95. The van der Waals surface area contributed by atoms with E-state index in [1.54, 1.807) is 7.11 Å². The van der Waals surface area contributed by atoms with E-state index in [4.69, 9.17) is 9.47 Å². The van der Waals surface area contributed by atoms with Crippen molar-refractivity contribution in [2.45, 2.75) is 33.7 Å². The second-order valence-corrected chi connectivity index (χ2v) is 6.95. The van der Waals surface area contributed by atoms with Crippen LogP contribution in [0.4, 0.5) is 0 Å². The molecule has 2 aromatic heterocycles. The second kappa shape index (κ2) is 6.39. The van der Waals surface area contributed by atoms with Crippen LogP contribution in [0.25, 0.3) is 21.8 Å². The molecule has 132 valence electrons. The van der Waals surface area contributed by atoms with Crippen LogP contribution in [-0.2, 0) is 16.1 Å². The average molecular weight is 340 g/mol. The monoisotopic (exact) mass is 340 g/mol. The Bertz CT molecular complexity index is 941. The summed E-state index contributed by atoms with van der Waals surface area (Å²) in [6.45, 7) is 6.54. The molecule has 0 unspecified atom stereocenters. The first-order valence-corrected chi connectivity index (χ1v) is 8.39. The Morgan fingerprint density at radius 2 is 1.96 bits per heavy atom. The SMILES string of the molecule is COC(=O)C(C)(C)CCn1c2cc(OC)ccc2c2ccnc(C)c21. The van der Waals surface area contributed by atoms with Crippen molar-refractivity contribution in [2.75, 3.05) is 14.2 Å². The molecule has 5 nitrogen and oxygen atoms in total. The van der Waals surface area contributed by atoms with Gasteiger partial charge < -0.3 is 14.0 Å². The molecule has 0 aliphatic carbocycles. The van der Waals surface area contributed by atoms with Crippen molar-refractivity contribution in [3.05, 3.63) is 36.2 Å². The van der Waals surface area contributed by atoms with Crippen LogP contribution in [0.15, 0.2) is 30.5 Å². The highest BCUT2D eigenvalue weighted by atomic mass is 16.5. The molecule has 0 atom stereocenters. The fourth-order valence-corrected chi connectivity index (χ4v) is 3.33. The van der Waals surface area contributed by atoms with Gasteiger partial charge in [0.2, 0.25) is 0 Å². The van der Waals surface area contributed by atoms with Crippen molar-refractivity contribution in [1.82, 2.24) is 9.55 Å². The summed E-state index contributed by atoms with van der Waals surface area (Å²) >= 11 is 0. The zero-order valence-corrected chi connectivity index (χ0v) is 15.4. The van der Waals surface area contributed by atoms with Gasteiger partial charge in [0.15, 0.2) is 0 Å². The minimum Gasteiger partial charge on any atom is -0.497 e. The Morgan fingerprint density at radius 3 is 2.64 bits per heavy atom. The van der Waals surface area contributed by atoms with E-state index in [9.17, 15) is 4.79 Å². The molecule has 3 rings (SSSR count). The van der Waals surface area contributed by atoms with Gasteiger partial charge in [-0.25, -0.2) is 0 Å². The van der Waals surface area contributed by atoms with E-state index in [-0.39, 0.29) is 5.97 Å². The molecule has 2 heterocycles. The number of carbonyl (C=O) groups is 1. The maximum atomic E-state index is 12.0. The third-order valence-corrected chi connectivity index (χ3v) is 4.86. The van der Waals surface area contributed by atoms with Gasteiger partial charge in [-0.1, -0.05) is 0 Å². The van der Waals surface area contributed by atoms with E-state index >= 15 is 0 Å². The van der Waals surface area contributed by atoms with Gasteiger partial charge in [-0.15, -0.1) is 0 Å². The first-order valence-electron chi connectivity index (χ1n) is 8.39. The Hall–Kier alpha value is -2.56. The quantitative estimate of drug-likeness (QED) is 0.656. The van der Waals surface area contributed by atoms with Gasteiger partial charge >= 0.3 is 5.97 Å². The van der Waals surface area contributed by atoms with Gasteiger partial charge in [0.25, 0.3) is 0 Å². The number of fused-ring (bicyclic) bond motifs is 3. The summed E-state index contributed by atoms with van der Waals surface area (Å²) in [7, 11) is 3.10. The number of benzene rings is 1. The summed E-state index contributed by atoms with van der Waals surface area (Å²) in [6, 6.07) is 8.14. The predicted octanol–water partition coefficient (Wildman–Crippen LogP) is 4.10. The fourth-order valence-electron chi connectivity index (χ4n) is 3.33. The molecule has 25 heavy (non-hydrogen) atoms. The molecular weight excluding hydrogens is 316 g/mol. The van der Waals surface area contributed by atoms with Crippen LogP contribution in [0, 0.1) is 12.3 Å². The van der Waals surface area contributed by atoms with Crippen LogP contribution < -0.4 is 4.74 Å². The van der Waals surface area contributed by atoms with Gasteiger partial charge in [-0.2, -0.15) is 0 Å². The Labute approximate surface area is 147 Å². The van der Waals surface area contributed by atoms with Gasteiger partial charge in [0.1, 0.15) is 5.75 Å². The highest BCUT2D eigenvalue weighted by Crippen LogP contribution is 2.34. The number of rotatable bonds is 5. The molecule has 0 aliphatic heterocycles. The lowest BCUT2D eigenvalue weighted by atomic mass is 9.89. The van der Waals surface area contributed by atoms with Crippen LogP contribution in [0.5, 0.6) is 5.75 Å². The lowest BCUT2D eigenvalue weighted by Gasteiger charge is -2.22. The van der Waals surface area contributed by atoms with Crippen LogP contribution in [0.3, 0.4) is 0 Å². The fraction of sp³-hybridized carbons (Fsp3) is 0.400. The molecular formula is C20H24N2O3. The van der Waals surface area contributed by atoms with E-state index < -0.39 is 5.41 Å². The van der Waals surface area contributed by atoms with Crippen LogP contribution in [0.1, 0.15) is 26.0 Å². The zero-order chi connectivity index (χ0) is 18.2. The Morgan fingerprint density at radius 1 is 1.20 bits per heavy atom. The summed E-state index contributed by atoms with van der Waals surface area (Å²) < 4.78 is 12.6. The Kier molecular flexibility index (Phi) is 4.41. The van der Waals surface area contributed by atoms with Crippen molar-refractivity contribution in [3.8, 4) is 5.75 Å². The van der Waals surface area contributed by atoms with E-state index in [0.29, 0.717) is 13.0 Å². The molecule has 1 aromatic carbocycles. The molecule has 0 bridgehead atoms. The molecule has 0 N–H and O–H groups in total. The van der Waals surface area contributed by atoms with Crippen LogP contribution in [-0.4, -0.2) is 29.7 Å². The van der Waals surface area contributed by atoms with E-state index in [1.165, 1.54) is 12.5 Å². The maximum Gasteiger partial charge on any atom is 0.311 e. The number of methoxy groups -OCH3 is 2. The van der Waals surface area contributed by atoms with Crippen molar-refractivity contribution in [1.29, 1.82) is 0 Å². The van der Waals surface area contributed by atoms with Crippen molar-refractivity contribution in [3.63, 3.8) is 0 Å². The third-order valence-electron chi connectivity index (χ3n) is 4.86. The smallest absolute Gasteiger partial charge is 0.311 e. The number of aromatic nitrogens is 2. The molecule has 0 saturated heterocycles. The summed E-state index contributed by atoms with van der Waals surface area (Å²) in [5.41, 5.74) is 2.62. The summed E-state index contributed by atoms with van der Waals surface area (Å²) in [4.78, 5) is 16.5. The normalized spacial score (nSPS) is 11.9. The molecule has 0 saturated carbocycles. The molecule has 3 aromatic rings. The highest BCUT2D eigenvalue weighted by Gasteiger charge is 2.29. The van der Waals surface area contributed by atoms with Crippen LogP contribution >= 0.6 is 0 Å². The maximum absolute atomic E-state index is 12.0. The standard InChI is InChI=1S/C20H24N2O3/c1-13-18-16(8-10-21-13)15-7-6-14(24-4)12-17(15)22(18)11-9-20(2,3)19(23)25-5/h6-8,10,12H,9,11H2,1-5H3. The number of aryl methyl sites for hydroxylation is 2. The largest absolute Gasteiger partial charge is 0.497 e. The molecule has 0 amide bonds. The minimum atomic E-state index is -0.549. The van der Waals surface area contributed by atoms with Gasteiger partial charge in [-0.3, -0.25) is 9.78 Å². The van der Waals surface area contributed by atoms with Crippen molar-refractivity contribution in [2.24, 2.45) is 5.41 Å². The molecule has 0 radical (unpaired) electrons. The topological polar surface area (TPSA) is 53.4 Å². The van der Waals surface area contributed by atoms with Crippen molar-refractivity contribution < 1.29 is 14.3 Å². The van der Waals surface area contributed by atoms with Gasteiger partial charge in [0, 0.05) is 29.6 Å². The van der Waals surface area contributed by atoms with E-state index in [2.05, 4.69) is 15.6 Å². The third kappa shape index (κ3) is 2.95. The highest BCUT2D eigenvalue weighted by molar-refractivity contribution is 6.09. The van der Waals surface area contributed by atoms with Gasteiger partial charge in [0.05, 0.1) is 36.4 Å². The molecule has 0 aliphatic rings. The lowest BCUT2D eigenvalue weighted by molar-refractivity contribution is -0.151. The molecule has 0 spiro atoms. The summed E-state index contributed by atoms with van der Waals surface area (Å²) in [6.07, 6.45) is 2.51. The number of pyridine rings is 1. The number of esters is 1. The van der Waals surface area contributed by atoms with Crippen LogP contribution in [0.2, 0.25) is 0 Å². The lowest BCUT2D eigenvalue weighted by Crippen LogP contribution is -2.27.